The number of carbonyl (C=O) groups excluding carboxylic acids is 2. The summed E-state index contributed by atoms with van der Waals surface area (Å²) in [5.41, 5.74) is 1.45. The van der Waals surface area contributed by atoms with E-state index in [-0.39, 0.29) is 16.5 Å². The third-order valence-electron chi connectivity index (χ3n) is 3.50. The van der Waals surface area contributed by atoms with Gasteiger partial charge in [0.15, 0.2) is 0 Å². The molecule has 0 unspecified atom stereocenters. The number of anilines is 2. The molecule has 3 aromatic rings. The fourth-order valence-corrected chi connectivity index (χ4v) is 3.51. The predicted molar refractivity (Wildman–Crippen MR) is 99.6 cm³/mol. The smallest absolute Gasteiger partial charge is 0.266 e. The second-order valence-electron chi connectivity index (χ2n) is 5.56. The molecule has 0 aliphatic heterocycles. The Hall–Kier alpha value is -2.71. The highest BCUT2D eigenvalue weighted by Crippen LogP contribution is 2.28. The lowest BCUT2D eigenvalue weighted by molar-refractivity contribution is 0.102. The first-order valence-corrected chi connectivity index (χ1v) is 8.70. The number of carbonyl (C=O) groups is 2. The summed E-state index contributed by atoms with van der Waals surface area (Å²) in [5, 5.41) is 9.92. The van der Waals surface area contributed by atoms with E-state index in [4.69, 9.17) is 11.6 Å². The molecule has 0 fully saturated rings. The summed E-state index contributed by atoms with van der Waals surface area (Å²) in [6.07, 6.45) is 3.22. The number of rotatable bonds is 4. The summed E-state index contributed by atoms with van der Waals surface area (Å²) >= 11 is 7.04. The first-order valence-electron chi connectivity index (χ1n) is 7.50. The maximum atomic E-state index is 13.1. The van der Waals surface area contributed by atoms with Crippen LogP contribution in [0.2, 0.25) is 5.02 Å². The zero-order valence-corrected chi connectivity index (χ0v) is 15.4. The molecule has 0 radical (unpaired) electrons. The summed E-state index contributed by atoms with van der Waals surface area (Å²) in [7, 11) is 1.75. The Morgan fingerprint density at radius 3 is 2.65 bits per heavy atom. The highest BCUT2D eigenvalue weighted by Gasteiger charge is 2.17. The Labute approximate surface area is 157 Å². The maximum Gasteiger partial charge on any atom is 0.266 e. The van der Waals surface area contributed by atoms with Crippen LogP contribution >= 0.6 is 22.9 Å². The fraction of sp³-hybridized carbons (Fsp3) is 0.118. The van der Waals surface area contributed by atoms with Crippen LogP contribution in [0.1, 0.15) is 25.6 Å². The largest absolute Gasteiger partial charge is 0.319 e. The molecule has 0 spiro atoms. The van der Waals surface area contributed by atoms with Gasteiger partial charge in [-0.1, -0.05) is 11.6 Å². The van der Waals surface area contributed by atoms with Crippen molar-refractivity contribution in [3.05, 3.63) is 63.5 Å². The number of hydrogen-bond acceptors (Lipinski definition) is 4. The van der Waals surface area contributed by atoms with Gasteiger partial charge in [0.05, 0.1) is 32.3 Å². The van der Waals surface area contributed by atoms with Crippen molar-refractivity contribution in [2.45, 2.75) is 6.92 Å². The van der Waals surface area contributed by atoms with Crippen LogP contribution in [0.5, 0.6) is 0 Å². The maximum absolute atomic E-state index is 13.1. The number of amides is 2. The van der Waals surface area contributed by atoms with Crippen LogP contribution in [-0.4, -0.2) is 21.6 Å². The minimum absolute atomic E-state index is 0.0188. The fourth-order valence-electron chi connectivity index (χ4n) is 2.30. The van der Waals surface area contributed by atoms with Crippen LogP contribution in [-0.2, 0) is 7.05 Å². The number of nitrogens with one attached hydrogen (secondary N) is 2. The number of aromatic nitrogens is 2. The number of benzene rings is 1. The molecule has 2 aromatic heterocycles. The van der Waals surface area contributed by atoms with E-state index in [0.29, 0.717) is 15.6 Å². The standard InChI is InChI=1S/C17H14ClFN4O2S/c1-9-5-14(22-16(24)12-4-3-10(19)6-13(12)18)26-15(9)17(25)21-11-7-20-23(2)8-11/h3-8H,1-2H3,(H,21,25)(H,22,24). The van der Waals surface area contributed by atoms with E-state index in [2.05, 4.69) is 15.7 Å². The van der Waals surface area contributed by atoms with E-state index in [1.807, 2.05) is 0 Å². The van der Waals surface area contributed by atoms with Gasteiger partial charge < -0.3 is 10.6 Å². The molecule has 0 saturated carbocycles. The Kier molecular flexibility index (Phi) is 5.06. The predicted octanol–water partition coefficient (Wildman–Crippen LogP) is 4.09. The van der Waals surface area contributed by atoms with Gasteiger partial charge in [-0.2, -0.15) is 5.10 Å². The molecular formula is C17H14ClFN4O2S. The zero-order valence-electron chi connectivity index (χ0n) is 13.8. The monoisotopic (exact) mass is 392 g/mol. The van der Waals surface area contributed by atoms with Gasteiger partial charge >= 0.3 is 0 Å². The lowest BCUT2D eigenvalue weighted by Crippen LogP contribution is -2.12. The summed E-state index contributed by atoms with van der Waals surface area (Å²) in [6.45, 7) is 1.77. The number of aryl methyl sites for hydroxylation is 2. The SMILES string of the molecule is Cc1cc(NC(=O)c2ccc(F)cc2Cl)sc1C(=O)Nc1cnn(C)c1. The molecule has 6 nitrogen and oxygen atoms in total. The Bertz CT molecular complexity index is 999. The van der Waals surface area contributed by atoms with Gasteiger partial charge in [-0.3, -0.25) is 14.3 Å². The Morgan fingerprint density at radius 1 is 1.23 bits per heavy atom. The van der Waals surface area contributed by atoms with E-state index >= 15 is 0 Å². The van der Waals surface area contributed by atoms with Gasteiger partial charge in [0, 0.05) is 13.2 Å². The van der Waals surface area contributed by atoms with Gasteiger partial charge in [-0.05, 0) is 36.8 Å². The molecule has 0 atom stereocenters. The lowest BCUT2D eigenvalue weighted by Gasteiger charge is -2.04. The number of halogens is 2. The molecular weight excluding hydrogens is 379 g/mol. The third-order valence-corrected chi connectivity index (χ3v) is 4.96. The second-order valence-corrected chi connectivity index (χ2v) is 7.02. The second kappa shape index (κ2) is 7.27. The first kappa shape index (κ1) is 18.1. The minimum Gasteiger partial charge on any atom is -0.319 e. The van der Waals surface area contributed by atoms with Gasteiger partial charge in [-0.15, -0.1) is 11.3 Å². The van der Waals surface area contributed by atoms with E-state index in [0.717, 1.165) is 29.0 Å². The quantitative estimate of drug-likeness (QED) is 0.702. The summed E-state index contributed by atoms with van der Waals surface area (Å²) < 4.78 is 14.7. The van der Waals surface area contributed by atoms with Crippen molar-refractivity contribution in [3.63, 3.8) is 0 Å². The molecule has 2 amide bonds. The zero-order chi connectivity index (χ0) is 18.8. The lowest BCUT2D eigenvalue weighted by atomic mass is 10.2. The normalized spacial score (nSPS) is 10.6. The molecule has 9 heteroatoms. The Morgan fingerprint density at radius 2 is 2.00 bits per heavy atom. The molecule has 1 aromatic carbocycles. The number of thiophene rings is 1. The molecule has 2 N–H and O–H groups in total. The highest BCUT2D eigenvalue weighted by molar-refractivity contribution is 7.18. The molecule has 3 rings (SSSR count). The molecule has 0 saturated heterocycles. The van der Waals surface area contributed by atoms with Crippen molar-refractivity contribution in [2.75, 3.05) is 10.6 Å². The highest BCUT2D eigenvalue weighted by atomic mass is 35.5. The number of nitrogens with zero attached hydrogens (tertiary/aromatic N) is 2. The molecule has 2 heterocycles. The third kappa shape index (κ3) is 3.92. The van der Waals surface area contributed by atoms with Gasteiger partial charge in [0.25, 0.3) is 11.8 Å². The van der Waals surface area contributed by atoms with Crippen LogP contribution < -0.4 is 10.6 Å². The topological polar surface area (TPSA) is 76.0 Å². The molecule has 0 aliphatic rings. The van der Waals surface area contributed by atoms with Crippen LogP contribution in [0, 0.1) is 12.7 Å². The van der Waals surface area contributed by atoms with Crippen LogP contribution in [0.3, 0.4) is 0 Å². The molecule has 0 bridgehead atoms. The van der Waals surface area contributed by atoms with E-state index in [1.165, 1.54) is 6.07 Å². The molecule has 0 aliphatic carbocycles. The summed E-state index contributed by atoms with van der Waals surface area (Å²) in [4.78, 5) is 25.2. The van der Waals surface area contributed by atoms with Crippen LogP contribution in [0.25, 0.3) is 0 Å². The number of hydrogen-bond donors (Lipinski definition) is 2. The minimum atomic E-state index is -0.520. The van der Waals surface area contributed by atoms with E-state index in [1.54, 1.807) is 37.1 Å². The van der Waals surface area contributed by atoms with Gasteiger partial charge in [0.1, 0.15) is 5.82 Å². The van der Waals surface area contributed by atoms with Crippen molar-refractivity contribution < 1.29 is 14.0 Å². The summed E-state index contributed by atoms with van der Waals surface area (Å²) in [5.74, 6) is -1.29. The van der Waals surface area contributed by atoms with Crippen LogP contribution in [0.15, 0.2) is 36.7 Å². The molecule has 134 valence electrons. The first-order chi connectivity index (χ1) is 12.3. The van der Waals surface area contributed by atoms with E-state index in [9.17, 15) is 14.0 Å². The Balaban J connectivity index is 1.75. The average Bonchev–Trinajstić information content (AvgIpc) is 3.12. The van der Waals surface area contributed by atoms with Crippen molar-refractivity contribution in [1.29, 1.82) is 0 Å². The summed E-state index contributed by atoms with van der Waals surface area (Å²) in [6, 6.07) is 5.23. The molecule has 26 heavy (non-hydrogen) atoms. The van der Waals surface area contributed by atoms with Gasteiger partial charge in [0.2, 0.25) is 0 Å². The van der Waals surface area contributed by atoms with Crippen molar-refractivity contribution in [1.82, 2.24) is 9.78 Å². The average molecular weight is 393 g/mol. The van der Waals surface area contributed by atoms with Crippen molar-refractivity contribution in [3.8, 4) is 0 Å². The van der Waals surface area contributed by atoms with Gasteiger partial charge in [-0.25, -0.2) is 4.39 Å². The van der Waals surface area contributed by atoms with Crippen molar-refractivity contribution >= 4 is 45.4 Å². The van der Waals surface area contributed by atoms with Crippen LogP contribution in [0.4, 0.5) is 15.1 Å². The van der Waals surface area contributed by atoms with Crippen molar-refractivity contribution in [2.24, 2.45) is 7.05 Å². The van der Waals surface area contributed by atoms with E-state index < -0.39 is 11.7 Å².